The van der Waals surface area contributed by atoms with Crippen LogP contribution in [0.25, 0.3) is 10.9 Å². The molecule has 2 N–H and O–H groups in total. The topological polar surface area (TPSA) is 89.2 Å². The molecule has 4 rings (SSSR count). The van der Waals surface area contributed by atoms with Crippen LogP contribution in [-0.2, 0) is 35.5 Å². The highest BCUT2D eigenvalue weighted by molar-refractivity contribution is 7.09. The number of carbonyl (C=O) groups is 2. The average Bonchev–Trinajstić information content (AvgIpc) is 3.34. The van der Waals surface area contributed by atoms with Gasteiger partial charge in [0.05, 0.1) is 12.1 Å². The summed E-state index contributed by atoms with van der Waals surface area (Å²) in [5.74, 6) is -1.40. The lowest BCUT2D eigenvalue weighted by molar-refractivity contribution is -0.135. The molecule has 0 spiro atoms. The van der Waals surface area contributed by atoms with Gasteiger partial charge in [-0.1, -0.05) is 42.5 Å². The Kier molecular flexibility index (Phi) is 7.55. The number of carbonyl (C=O) groups excluding carboxylic acids is 2. The van der Waals surface area contributed by atoms with Crippen molar-refractivity contribution in [3.63, 3.8) is 0 Å². The fourth-order valence-corrected chi connectivity index (χ4v) is 4.39. The second-order valence-corrected chi connectivity index (χ2v) is 9.01. The minimum Gasteiger partial charge on any atom is -0.363 e. The third-order valence-electron chi connectivity index (χ3n) is 5.55. The van der Waals surface area contributed by atoms with E-state index in [9.17, 15) is 9.59 Å². The summed E-state index contributed by atoms with van der Waals surface area (Å²) in [6, 6.07) is 18.6. The first-order valence-electron chi connectivity index (χ1n) is 10.9. The van der Waals surface area contributed by atoms with Crippen LogP contribution in [0.2, 0.25) is 0 Å². The Balaban J connectivity index is 1.40. The molecule has 4 aromatic rings. The lowest BCUT2D eigenvalue weighted by atomic mass is 10.0. The average molecular weight is 459 g/mol. The number of fused-ring (bicyclic) bond motifs is 1. The van der Waals surface area contributed by atoms with Gasteiger partial charge in [-0.2, -0.15) is 0 Å². The molecule has 0 fully saturated rings. The van der Waals surface area contributed by atoms with E-state index < -0.39 is 11.7 Å². The molecular formula is C26H26N4O2S. The highest BCUT2D eigenvalue weighted by atomic mass is 32.1. The molecule has 0 bridgehead atoms. The number of hydrogen-bond acceptors (Lipinski definition) is 6. The number of hydrogen-bond donors (Lipinski definition) is 1. The van der Waals surface area contributed by atoms with E-state index >= 15 is 0 Å². The number of aryl methyl sites for hydroxylation is 1. The van der Waals surface area contributed by atoms with Crippen LogP contribution in [0.4, 0.5) is 0 Å². The van der Waals surface area contributed by atoms with E-state index in [-0.39, 0.29) is 6.42 Å². The number of amides is 1. The second kappa shape index (κ2) is 10.9. The molecule has 0 saturated heterocycles. The molecule has 0 aliphatic heterocycles. The fraction of sp³-hybridized carbons (Fsp3) is 0.231. The SMILES string of the molecule is NC(=O)C(=O)CCc1ccc(CN(CCc2cnc3ccccc3c2)Cc2nccs2)cc1. The van der Waals surface area contributed by atoms with Gasteiger partial charge in [-0.25, -0.2) is 4.98 Å². The minimum absolute atomic E-state index is 0.143. The third kappa shape index (κ3) is 6.54. The first-order chi connectivity index (χ1) is 16.1. The van der Waals surface area contributed by atoms with Crippen LogP contribution < -0.4 is 5.73 Å². The fourth-order valence-electron chi connectivity index (χ4n) is 3.73. The molecule has 6 nitrogen and oxygen atoms in total. The molecule has 2 heterocycles. The van der Waals surface area contributed by atoms with Crippen molar-refractivity contribution in [1.29, 1.82) is 0 Å². The van der Waals surface area contributed by atoms with Crippen LogP contribution >= 0.6 is 11.3 Å². The molecule has 1 amide bonds. The summed E-state index contributed by atoms with van der Waals surface area (Å²) in [5.41, 5.74) is 9.46. The zero-order chi connectivity index (χ0) is 23.0. The van der Waals surface area contributed by atoms with E-state index in [0.717, 1.165) is 47.5 Å². The van der Waals surface area contributed by atoms with Gasteiger partial charge in [0.15, 0.2) is 0 Å². The normalized spacial score (nSPS) is 11.2. The summed E-state index contributed by atoms with van der Waals surface area (Å²) in [5, 5.41) is 4.25. The number of Topliss-reactive ketones (excluding diaryl/α,β-unsaturated/α-hetero) is 1. The lowest BCUT2D eigenvalue weighted by Gasteiger charge is -2.21. The third-order valence-corrected chi connectivity index (χ3v) is 6.32. The van der Waals surface area contributed by atoms with E-state index in [0.29, 0.717) is 6.42 Å². The van der Waals surface area contributed by atoms with E-state index in [1.54, 1.807) is 11.3 Å². The summed E-state index contributed by atoms with van der Waals surface area (Å²) in [7, 11) is 0. The van der Waals surface area contributed by atoms with Crippen molar-refractivity contribution in [2.45, 2.75) is 32.4 Å². The molecule has 0 aliphatic carbocycles. The van der Waals surface area contributed by atoms with Crippen LogP contribution in [0, 0.1) is 0 Å². The zero-order valence-corrected chi connectivity index (χ0v) is 19.1. The van der Waals surface area contributed by atoms with Crippen molar-refractivity contribution in [3.05, 3.63) is 94.1 Å². The summed E-state index contributed by atoms with van der Waals surface area (Å²) >= 11 is 1.66. The molecule has 0 unspecified atom stereocenters. The first-order valence-corrected chi connectivity index (χ1v) is 11.8. The summed E-state index contributed by atoms with van der Waals surface area (Å²) in [4.78, 5) is 33.8. The number of benzene rings is 2. The molecule has 7 heteroatoms. The second-order valence-electron chi connectivity index (χ2n) is 8.03. The molecule has 0 radical (unpaired) electrons. The van der Waals surface area contributed by atoms with Gasteiger partial charge in [-0.3, -0.25) is 19.5 Å². The number of aromatic nitrogens is 2. The van der Waals surface area contributed by atoms with Crippen LogP contribution in [0.5, 0.6) is 0 Å². The summed E-state index contributed by atoms with van der Waals surface area (Å²) in [6.07, 6.45) is 5.36. The quantitative estimate of drug-likeness (QED) is 0.344. The molecule has 0 aliphatic rings. The van der Waals surface area contributed by atoms with Crippen molar-refractivity contribution in [3.8, 4) is 0 Å². The number of ketones is 1. The number of rotatable bonds is 11. The van der Waals surface area contributed by atoms with E-state index in [1.165, 1.54) is 11.1 Å². The number of para-hydroxylation sites is 1. The highest BCUT2D eigenvalue weighted by Gasteiger charge is 2.11. The van der Waals surface area contributed by atoms with Gasteiger partial charge >= 0.3 is 0 Å². The maximum absolute atomic E-state index is 11.5. The molecule has 2 aromatic carbocycles. The van der Waals surface area contributed by atoms with E-state index in [2.05, 4.69) is 39.1 Å². The van der Waals surface area contributed by atoms with Crippen LogP contribution in [0.1, 0.15) is 28.1 Å². The predicted molar refractivity (Wildman–Crippen MR) is 131 cm³/mol. The van der Waals surface area contributed by atoms with Gasteiger partial charge in [-0.05, 0) is 41.7 Å². The Morgan fingerprint density at radius 3 is 2.45 bits per heavy atom. The summed E-state index contributed by atoms with van der Waals surface area (Å²) < 4.78 is 0. The molecule has 0 saturated carbocycles. The Labute approximate surface area is 197 Å². The standard InChI is InChI=1S/C26H26N4O2S/c27-26(32)24(31)10-9-19-5-7-20(8-6-19)17-30(18-25-28-12-14-33-25)13-11-21-15-22-3-1-2-4-23(22)29-16-21/h1-8,12,14-16H,9-11,13,17-18H2,(H2,27,32). The Morgan fingerprint density at radius 1 is 0.909 bits per heavy atom. The Morgan fingerprint density at radius 2 is 1.70 bits per heavy atom. The Bertz CT molecular complexity index is 1220. The number of thiazole rings is 1. The molecule has 33 heavy (non-hydrogen) atoms. The predicted octanol–water partition coefficient (Wildman–Crippen LogP) is 3.92. The van der Waals surface area contributed by atoms with Crippen LogP contribution in [0.15, 0.2) is 72.4 Å². The summed E-state index contributed by atoms with van der Waals surface area (Å²) in [6.45, 7) is 2.46. The van der Waals surface area contributed by atoms with E-state index in [1.807, 2.05) is 48.1 Å². The molecular weight excluding hydrogens is 432 g/mol. The van der Waals surface area contributed by atoms with Crippen molar-refractivity contribution in [2.24, 2.45) is 5.73 Å². The van der Waals surface area contributed by atoms with Crippen LogP contribution in [0.3, 0.4) is 0 Å². The van der Waals surface area contributed by atoms with Gasteiger partial charge in [-0.15, -0.1) is 11.3 Å². The minimum atomic E-state index is -0.869. The monoisotopic (exact) mass is 458 g/mol. The van der Waals surface area contributed by atoms with E-state index in [4.69, 9.17) is 5.73 Å². The van der Waals surface area contributed by atoms with Gasteiger partial charge < -0.3 is 5.73 Å². The zero-order valence-electron chi connectivity index (χ0n) is 18.3. The van der Waals surface area contributed by atoms with Crippen molar-refractivity contribution >= 4 is 33.9 Å². The smallest absolute Gasteiger partial charge is 0.284 e. The Hall–Kier alpha value is -3.42. The van der Waals surface area contributed by atoms with Gasteiger partial charge in [0.25, 0.3) is 5.91 Å². The number of nitrogens with zero attached hydrogens (tertiary/aromatic N) is 3. The largest absolute Gasteiger partial charge is 0.363 e. The first kappa shape index (κ1) is 22.8. The number of nitrogens with two attached hydrogens (primary N) is 1. The maximum Gasteiger partial charge on any atom is 0.284 e. The van der Waals surface area contributed by atoms with Gasteiger partial charge in [0.2, 0.25) is 5.78 Å². The van der Waals surface area contributed by atoms with Gasteiger partial charge in [0, 0.05) is 42.7 Å². The van der Waals surface area contributed by atoms with Crippen molar-refractivity contribution < 1.29 is 9.59 Å². The molecule has 2 aromatic heterocycles. The molecule has 0 atom stereocenters. The lowest BCUT2D eigenvalue weighted by Crippen LogP contribution is -2.25. The number of primary amides is 1. The number of pyridine rings is 1. The molecule has 168 valence electrons. The van der Waals surface area contributed by atoms with Crippen molar-refractivity contribution in [1.82, 2.24) is 14.9 Å². The highest BCUT2D eigenvalue weighted by Crippen LogP contribution is 2.17. The van der Waals surface area contributed by atoms with Gasteiger partial charge in [0.1, 0.15) is 5.01 Å². The van der Waals surface area contributed by atoms with Crippen molar-refractivity contribution in [2.75, 3.05) is 6.54 Å². The van der Waals surface area contributed by atoms with Crippen LogP contribution in [-0.4, -0.2) is 33.1 Å². The maximum atomic E-state index is 11.5.